The summed E-state index contributed by atoms with van der Waals surface area (Å²) in [6.45, 7) is 3.87. The van der Waals surface area contributed by atoms with Crippen molar-refractivity contribution < 1.29 is 9.53 Å². The van der Waals surface area contributed by atoms with Crippen molar-refractivity contribution in [2.24, 2.45) is 0 Å². The lowest BCUT2D eigenvalue weighted by Gasteiger charge is -2.33. The highest BCUT2D eigenvalue weighted by molar-refractivity contribution is 5.89. The van der Waals surface area contributed by atoms with Crippen LogP contribution in [0.2, 0.25) is 0 Å². The smallest absolute Gasteiger partial charge is 0.322 e. The van der Waals surface area contributed by atoms with Crippen LogP contribution in [0.25, 0.3) is 0 Å². The Morgan fingerprint density at radius 1 is 1.44 bits per heavy atom. The van der Waals surface area contributed by atoms with Gasteiger partial charge in [0, 0.05) is 12.2 Å². The van der Waals surface area contributed by atoms with Gasteiger partial charge in [0.1, 0.15) is 0 Å². The molecule has 1 N–H and O–H groups in total. The minimum Gasteiger partial charge on any atom is -0.377 e. The Hall–Kier alpha value is -1.55. The normalized spacial score (nSPS) is 20.6. The summed E-state index contributed by atoms with van der Waals surface area (Å²) in [5, 5.41) is 2.87. The second kappa shape index (κ2) is 4.99. The lowest BCUT2D eigenvalue weighted by atomic mass is 10.2. The van der Waals surface area contributed by atoms with Crippen LogP contribution in [0.15, 0.2) is 30.3 Å². The van der Waals surface area contributed by atoms with E-state index in [1.807, 2.05) is 37.3 Å². The SMILES string of the molecule is CC1COCCN1C(=O)Nc1ccccc1. The molecule has 0 saturated carbocycles. The van der Waals surface area contributed by atoms with Gasteiger partial charge < -0.3 is 15.0 Å². The molecule has 2 amide bonds. The van der Waals surface area contributed by atoms with Gasteiger partial charge in [0.25, 0.3) is 0 Å². The van der Waals surface area contributed by atoms with Gasteiger partial charge in [-0.3, -0.25) is 0 Å². The van der Waals surface area contributed by atoms with Crippen molar-refractivity contribution in [2.75, 3.05) is 25.1 Å². The zero-order chi connectivity index (χ0) is 11.4. The van der Waals surface area contributed by atoms with Gasteiger partial charge in [0.05, 0.1) is 19.3 Å². The Kier molecular flexibility index (Phi) is 3.41. The number of nitrogens with zero attached hydrogens (tertiary/aromatic N) is 1. The number of nitrogens with one attached hydrogen (secondary N) is 1. The lowest BCUT2D eigenvalue weighted by Crippen LogP contribution is -2.48. The fourth-order valence-electron chi connectivity index (χ4n) is 1.75. The maximum atomic E-state index is 11.9. The molecule has 1 aromatic rings. The molecule has 1 saturated heterocycles. The number of urea groups is 1. The number of benzene rings is 1. The van der Waals surface area contributed by atoms with E-state index in [1.165, 1.54) is 0 Å². The Morgan fingerprint density at radius 2 is 2.19 bits per heavy atom. The molecular formula is C12H16N2O2. The Balaban J connectivity index is 1.97. The molecule has 0 radical (unpaired) electrons. The van der Waals surface area contributed by atoms with E-state index in [0.29, 0.717) is 19.8 Å². The van der Waals surface area contributed by atoms with Crippen LogP contribution in [-0.4, -0.2) is 36.7 Å². The summed E-state index contributed by atoms with van der Waals surface area (Å²) in [6, 6.07) is 9.56. The molecule has 1 fully saturated rings. The second-order valence-electron chi connectivity index (χ2n) is 3.91. The van der Waals surface area contributed by atoms with Gasteiger partial charge in [-0.25, -0.2) is 4.79 Å². The Bertz CT molecular complexity index is 353. The average molecular weight is 220 g/mol. The van der Waals surface area contributed by atoms with E-state index in [1.54, 1.807) is 4.90 Å². The first-order valence-corrected chi connectivity index (χ1v) is 5.48. The van der Waals surface area contributed by atoms with Gasteiger partial charge in [-0.1, -0.05) is 18.2 Å². The van der Waals surface area contributed by atoms with Crippen molar-refractivity contribution in [3.63, 3.8) is 0 Å². The van der Waals surface area contributed by atoms with E-state index in [4.69, 9.17) is 4.74 Å². The number of carbonyl (C=O) groups is 1. The molecule has 1 unspecified atom stereocenters. The first-order chi connectivity index (χ1) is 7.77. The Morgan fingerprint density at radius 3 is 2.88 bits per heavy atom. The fourth-order valence-corrected chi connectivity index (χ4v) is 1.75. The minimum atomic E-state index is -0.0537. The van der Waals surface area contributed by atoms with E-state index in [2.05, 4.69) is 5.32 Å². The number of hydrogen-bond donors (Lipinski definition) is 1. The van der Waals surface area contributed by atoms with E-state index >= 15 is 0 Å². The monoisotopic (exact) mass is 220 g/mol. The predicted molar refractivity (Wildman–Crippen MR) is 62.4 cm³/mol. The molecule has 0 aliphatic carbocycles. The van der Waals surface area contributed by atoms with Crippen LogP contribution in [0, 0.1) is 0 Å². The number of anilines is 1. The van der Waals surface area contributed by atoms with Crippen LogP contribution in [0.5, 0.6) is 0 Å². The van der Waals surface area contributed by atoms with E-state index in [0.717, 1.165) is 5.69 Å². The van der Waals surface area contributed by atoms with Crippen LogP contribution < -0.4 is 5.32 Å². The van der Waals surface area contributed by atoms with E-state index in [-0.39, 0.29) is 12.1 Å². The third-order valence-corrected chi connectivity index (χ3v) is 2.65. The molecule has 86 valence electrons. The van der Waals surface area contributed by atoms with Crippen LogP contribution in [0.1, 0.15) is 6.92 Å². The topological polar surface area (TPSA) is 41.6 Å². The molecule has 4 heteroatoms. The third-order valence-electron chi connectivity index (χ3n) is 2.65. The zero-order valence-corrected chi connectivity index (χ0v) is 9.35. The van der Waals surface area contributed by atoms with Gasteiger partial charge in [0.15, 0.2) is 0 Å². The van der Waals surface area contributed by atoms with E-state index in [9.17, 15) is 4.79 Å². The van der Waals surface area contributed by atoms with Crippen molar-refractivity contribution in [3.05, 3.63) is 30.3 Å². The zero-order valence-electron chi connectivity index (χ0n) is 9.35. The van der Waals surface area contributed by atoms with Crippen molar-refractivity contribution in [1.29, 1.82) is 0 Å². The summed E-state index contributed by atoms with van der Waals surface area (Å²) in [4.78, 5) is 13.7. The number of amides is 2. The number of ether oxygens (including phenoxy) is 1. The molecular weight excluding hydrogens is 204 g/mol. The molecule has 0 spiro atoms. The quantitative estimate of drug-likeness (QED) is 0.785. The van der Waals surface area contributed by atoms with Gasteiger partial charge in [-0.2, -0.15) is 0 Å². The molecule has 1 aliphatic heterocycles. The maximum absolute atomic E-state index is 11.9. The summed E-state index contributed by atoms with van der Waals surface area (Å²) >= 11 is 0. The number of carbonyl (C=O) groups excluding carboxylic acids is 1. The van der Waals surface area contributed by atoms with Crippen LogP contribution in [0.4, 0.5) is 10.5 Å². The summed E-state index contributed by atoms with van der Waals surface area (Å²) in [5.41, 5.74) is 0.825. The van der Waals surface area contributed by atoms with E-state index < -0.39 is 0 Å². The highest BCUT2D eigenvalue weighted by atomic mass is 16.5. The van der Waals surface area contributed by atoms with Crippen molar-refractivity contribution in [1.82, 2.24) is 4.90 Å². The summed E-state index contributed by atoms with van der Waals surface area (Å²) < 4.78 is 5.29. The predicted octanol–water partition coefficient (Wildman–Crippen LogP) is 1.94. The van der Waals surface area contributed by atoms with Gasteiger partial charge in [-0.05, 0) is 19.1 Å². The first-order valence-electron chi connectivity index (χ1n) is 5.48. The van der Waals surface area contributed by atoms with Gasteiger partial charge in [-0.15, -0.1) is 0 Å². The molecule has 1 aromatic carbocycles. The molecule has 1 atom stereocenters. The summed E-state index contributed by atoms with van der Waals surface area (Å²) in [5.74, 6) is 0. The third kappa shape index (κ3) is 2.52. The molecule has 16 heavy (non-hydrogen) atoms. The van der Waals surface area contributed by atoms with Crippen molar-refractivity contribution in [2.45, 2.75) is 13.0 Å². The highest BCUT2D eigenvalue weighted by Crippen LogP contribution is 2.11. The molecule has 0 aromatic heterocycles. The van der Waals surface area contributed by atoms with Crippen molar-refractivity contribution >= 4 is 11.7 Å². The second-order valence-corrected chi connectivity index (χ2v) is 3.91. The fraction of sp³-hybridized carbons (Fsp3) is 0.417. The van der Waals surface area contributed by atoms with Crippen LogP contribution in [-0.2, 0) is 4.74 Å². The largest absolute Gasteiger partial charge is 0.377 e. The molecule has 1 aliphatic rings. The number of rotatable bonds is 1. The standard InChI is InChI=1S/C12H16N2O2/c1-10-9-16-8-7-14(10)12(15)13-11-5-3-2-4-6-11/h2-6,10H,7-9H2,1H3,(H,13,15). The minimum absolute atomic E-state index is 0.0537. The van der Waals surface area contributed by atoms with Gasteiger partial charge >= 0.3 is 6.03 Å². The molecule has 4 nitrogen and oxygen atoms in total. The molecule has 0 bridgehead atoms. The van der Waals surface area contributed by atoms with Crippen LogP contribution in [0.3, 0.4) is 0 Å². The number of hydrogen-bond acceptors (Lipinski definition) is 2. The number of para-hydroxylation sites is 1. The first kappa shape index (κ1) is 11.0. The highest BCUT2D eigenvalue weighted by Gasteiger charge is 2.23. The number of morpholine rings is 1. The Labute approximate surface area is 95.2 Å². The van der Waals surface area contributed by atoms with Crippen LogP contribution >= 0.6 is 0 Å². The average Bonchev–Trinajstić information content (AvgIpc) is 2.31. The summed E-state index contributed by atoms with van der Waals surface area (Å²) in [7, 11) is 0. The maximum Gasteiger partial charge on any atom is 0.322 e. The van der Waals surface area contributed by atoms with Gasteiger partial charge in [0.2, 0.25) is 0 Å². The summed E-state index contributed by atoms with van der Waals surface area (Å²) in [6.07, 6.45) is 0. The lowest BCUT2D eigenvalue weighted by molar-refractivity contribution is 0.0222. The molecule has 1 heterocycles. The van der Waals surface area contributed by atoms with Crippen molar-refractivity contribution in [3.8, 4) is 0 Å². The molecule has 2 rings (SSSR count).